The normalized spacial score (nSPS) is 16.3. The molecule has 1 aliphatic rings. The molecule has 1 fully saturated rings. The number of carbonyl (C=O) groups is 1. The average molecular weight is 285 g/mol. The van der Waals surface area contributed by atoms with Crippen LogP contribution in [-0.4, -0.2) is 33.7 Å². The van der Waals surface area contributed by atoms with Crippen LogP contribution in [0.2, 0.25) is 0 Å². The van der Waals surface area contributed by atoms with E-state index in [1.165, 1.54) is 16.5 Å². The van der Waals surface area contributed by atoms with E-state index in [-0.39, 0.29) is 11.3 Å². The predicted molar refractivity (Wildman–Crippen MR) is 84.3 cm³/mol. The molecular formula is C17H23N3O. The molecule has 0 spiro atoms. The van der Waals surface area contributed by atoms with E-state index in [9.17, 15) is 4.79 Å². The maximum Gasteiger partial charge on any atom is 0.222 e. The van der Waals surface area contributed by atoms with Crippen molar-refractivity contribution in [2.45, 2.75) is 45.6 Å². The fourth-order valence-corrected chi connectivity index (χ4v) is 2.83. The Morgan fingerprint density at radius 2 is 2.05 bits per heavy atom. The Morgan fingerprint density at radius 1 is 1.33 bits per heavy atom. The van der Waals surface area contributed by atoms with Crippen LogP contribution in [0.25, 0.3) is 10.9 Å². The molecule has 0 N–H and O–H groups in total. The summed E-state index contributed by atoms with van der Waals surface area (Å²) in [7, 11) is 0. The zero-order valence-corrected chi connectivity index (χ0v) is 13.3. The van der Waals surface area contributed by atoms with Gasteiger partial charge in [-0.2, -0.15) is 5.10 Å². The third-order valence-electron chi connectivity index (χ3n) is 4.33. The predicted octanol–water partition coefficient (Wildman–Crippen LogP) is 3.13. The Labute approximate surface area is 125 Å². The Balaban J connectivity index is 1.89. The Hall–Kier alpha value is -1.84. The first-order chi connectivity index (χ1) is 9.90. The minimum Gasteiger partial charge on any atom is -0.338 e. The summed E-state index contributed by atoms with van der Waals surface area (Å²) < 4.78 is 2.09. The molecular weight excluding hydrogens is 262 g/mol. The molecule has 1 aliphatic heterocycles. The van der Waals surface area contributed by atoms with Crippen molar-refractivity contribution in [3.8, 4) is 0 Å². The molecule has 3 rings (SSSR count). The minimum absolute atomic E-state index is 0.132. The summed E-state index contributed by atoms with van der Waals surface area (Å²) in [6.07, 6.45) is 2.51. The molecule has 0 saturated carbocycles. The van der Waals surface area contributed by atoms with Crippen LogP contribution >= 0.6 is 0 Å². The molecule has 2 aromatic rings. The number of carbonyl (C=O) groups excluding carboxylic acids is 1. The molecule has 1 aromatic carbocycles. The van der Waals surface area contributed by atoms with E-state index in [0.29, 0.717) is 12.5 Å². The monoisotopic (exact) mass is 285 g/mol. The summed E-state index contributed by atoms with van der Waals surface area (Å²) in [5.41, 5.74) is 2.63. The van der Waals surface area contributed by atoms with Crippen molar-refractivity contribution in [2.24, 2.45) is 0 Å². The lowest BCUT2D eigenvalue weighted by Crippen LogP contribution is -2.50. The van der Waals surface area contributed by atoms with Gasteiger partial charge < -0.3 is 4.90 Å². The number of fused-ring (bicyclic) bond motifs is 1. The van der Waals surface area contributed by atoms with Crippen LogP contribution in [0.15, 0.2) is 24.4 Å². The van der Waals surface area contributed by atoms with E-state index in [1.54, 1.807) is 0 Å². The highest BCUT2D eigenvalue weighted by Crippen LogP contribution is 2.29. The maximum absolute atomic E-state index is 11.7. The molecule has 0 bridgehead atoms. The van der Waals surface area contributed by atoms with Crippen LogP contribution in [0.1, 0.15) is 45.7 Å². The van der Waals surface area contributed by atoms with Gasteiger partial charge in [-0.15, -0.1) is 0 Å². The Bertz CT molecular complexity index is 675. The molecule has 1 amide bonds. The van der Waals surface area contributed by atoms with Gasteiger partial charge in [0.1, 0.15) is 0 Å². The van der Waals surface area contributed by atoms with Crippen LogP contribution in [0.5, 0.6) is 0 Å². The molecule has 0 aliphatic carbocycles. The second kappa shape index (κ2) is 4.86. The summed E-state index contributed by atoms with van der Waals surface area (Å²) in [5.74, 6) is 0.234. The Kier molecular flexibility index (Phi) is 3.27. The van der Waals surface area contributed by atoms with E-state index in [2.05, 4.69) is 48.8 Å². The number of hydrogen-bond acceptors (Lipinski definition) is 2. The van der Waals surface area contributed by atoms with Crippen LogP contribution in [0, 0.1) is 0 Å². The van der Waals surface area contributed by atoms with Crippen molar-refractivity contribution < 1.29 is 4.79 Å². The Morgan fingerprint density at radius 3 is 2.67 bits per heavy atom. The van der Waals surface area contributed by atoms with E-state index in [1.807, 2.05) is 18.0 Å². The summed E-state index contributed by atoms with van der Waals surface area (Å²) in [5, 5.41) is 5.71. The van der Waals surface area contributed by atoms with Crippen molar-refractivity contribution in [3.63, 3.8) is 0 Å². The largest absolute Gasteiger partial charge is 0.338 e. The lowest BCUT2D eigenvalue weighted by Gasteiger charge is -2.39. The number of nitrogens with zero attached hydrogens (tertiary/aromatic N) is 3. The maximum atomic E-state index is 11.7. The molecule has 0 radical (unpaired) electrons. The first-order valence-electron chi connectivity index (χ1n) is 7.65. The smallest absolute Gasteiger partial charge is 0.222 e. The zero-order valence-electron chi connectivity index (χ0n) is 13.3. The van der Waals surface area contributed by atoms with Crippen molar-refractivity contribution in [3.05, 3.63) is 30.0 Å². The first-order valence-corrected chi connectivity index (χ1v) is 7.65. The molecule has 0 unspecified atom stereocenters. The fourth-order valence-electron chi connectivity index (χ4n) is 2.83. The highest BCUT2D eigenvalue weighted by atomic mass is 16.2. The number of hydrogen-bond donors (Lipinski definition) is 0. The van der Waals surface area contributed by atoms with Crippen LogP contribution < -0.4 is 0 Å². The zero-order chi connectivity index (χ0) is 15.2. The van der Waals surface area contributed by atoms with Gasteiger partial charge in [-0.05, 0) is 17.0 Å². The number of amides is 1. The van der Waals surface area contributed by atoms with Gasteiger partial charge in [-0.1, -0.05) is 39.8 Å². The third kappa shape index (κ3) is 2.43. The number of rotatable bonds is 2. The molecule has 4 heteroatoms. The molecule has 2 heterocycles. The first kappa shape index (κ1) is 14.1. The standard InChI is InChI=1S/C17H23N3O/c1-5-16(21)19-10-14(11-19)20-15-8-13(17(2,3)4)7-6-12(15)9-18-20/h6-9,14H,5,10-11H2,1-4H3. The van der Waals surface area contributed by atoms with Gasteiger partial charge in [0.25, 0.3) is 0 Å². The highest BCUT2D eigenvalue weighted by Gasteiger charge is 2.32. The van der Waals surface area contributed by atoms with Crippen LogP contribution in [0.4, 0.5) is 0 Å². The topological polar surface area (TPSA) is 38.1 Å². The van der Waals surface area contributed by atoms with Crippen molar-refractivity contribution in [1.82, 2.24) is 14.7 Å². The second-order valence-corrected chi connectivity index (χ2v) is 6.92. The lowest BCUT2D eigenvalue weighted by atomic mass is 9.86. The molecule has 4 nitrogen and oxygen atoms in total. The van der Waals surface area contributed by atoms with Crippen molar-refractivity contribution in [1.29, 1.82) is 0 Å². The number of likely N-dealkylation sites (tertiary alicyclic amines) is 1. The van der Waals surface area contributed by atoms with E-state index >= 15 is 0 Å². The van der Waals surface area contributed by atoms with E-state index in [0.717, 1.165) is 13.1 Å². The summed E-state index contributed by atoms with van der Waals surface area (Å²) >= 11 is 0. The van der Waals surface area contributed by atoms with Gasteiger partial charge in [-0.25, -0.2) is 0 Å². The number of aromatic nitrogens is 2. The summed E-state index contributed by atoms with van der Waals surface area (Å²) in [4.78, 5) is 13.6. The molecule has 1 saturated heterocycles. The summed E-state index contributed by atoms with van der Waals surface area (Å²) in [6.45, 7) is 10.1. The van der Waals surface area contributed by atoms with Gasteiger partial charge in [-0.3, -0.25) is 9.48 Å². The van der Waals surface area contributed by atoms with Gasteiger partial charge in [0.05, 0.1) is 17.8 Å². The van der Waals surface area contributed by atoms with E-state index < -0.39 is 0 Å². The van der Waals surface area contributed by atoms with Gasteiger partial charge >= 0.3 is 0 Å². The molecule has 112 valence electrons. The minimum atomic E-state index is 0.132. The van der Waals surface area contributed by atoms with Crippen molar-refractivity contribution in [2.75, 3.05) is 13.1 Å². The van der Waals surface area contributed by atoms with Gasteiger partial charge in [0, 0.05) is 24.9 Å². The van der Waals surface area contributed by atoms with Crippen LogP contribution in [-0.2, 0) is 10.2 Å². The molecule has 21 heavy (non-hydrogen) atoms. The average Bonchev–Trinajstić information content (AvgIpc) is 2.79. The van der Waals surface area contributed by atoms with Gasteiger partial charge in [0.15, 0.2) is 0 Å². The number of benzene rings is 1. The van der Waals surface area contributed by atoms with Gasteiger partial charge in [0.2, 0.25) is 5.91 Å². The molecule has 1 aromatic heterocycles. The molecule has 0 atom stereocenters. The lowest BCUT2D eigenvalue weighted by molar-refractivity contribution is -0.136. The second-order valence-electron chi connectivity index (χ2n) is 6.92. The third-order valence-corrected chi connectivity index (χ3v) is 4.33. The summed E-state index contributed by atoms with van der Waals surface area (Å²) in [6, 6.07) is 6.88. The van der Waals surface area contributed by atoms with Crippen molar-refractivity contribution >= 4 is 16.8 Å². The van der Waals surface area contributed by atoms with E-state index in [4.69, 9.17) is 0 Å². The SMILES string of the molecule is CCC(=O)N1CC(n2ncc3ccc(C(C)(C)C)cc32)C1. The van der Waals surface area contributed by atoms with Crippen LogP contribution in [0.3, 0.4) is 0 Å². The fraction of sp³-hybridized carbons (Fsp3) is 0.529. The quantitative estimate of drug-likeness (QED) is 0.850. The highest BCUT2D eigenvalue weighted by molar-refractivity contribution is 5.80.